The van der Waals surface area contributed by atoms with E-state index in [1.54, 1.807) is 0 Å². The molecule has 42 heavy (non-hydrogen) atoms. The van der Waals surface area contributed by atoms with Gasteiger partial charge in [0.2, 0.25) is 0 Å². The van der Waals surface area contributed by atoms with E-state index in [0.717, 1.165) is 0 Å². The van der Waals surface area contributed by atoms with Crippen LogP contribution in [-0.2, 0) is 0 Å². The van der Waals surface area contributed by atoms with Crippen LogP contribution in [0.5, 0.6) is 0 Å². The van der Waals surface area contributed by atoms with E-state index < -0.39 is 0 Å². The fourth-order valence-corrected chi connectivity index (χ4v) is 9.23. The van der Waals surface area contributed by atoms with Gasteiger partial charge in [-0.25, -0.2) is 0 Å². The van der Waals surface area contributed by atoms with E-state index in [1.165, 1.54) is 98.1 Å². The summed E-state index contributed by atoms with van der Waals surface area (Å²) >= 11 is 0. The van der Waals surface area contributed by atoms with E-state index in [-0.39, 0.29) is 0 Å². The normalized spacial score (nSPS) is 18.9. The molecule has 2 heteroatoms. The SMILES string of the molecule is C1=Cc2c3c(cc4c2c2cccc5c6ccccc6n4c52)C=CC2C=c4c(c5cccc6c7ccccc7n4c56)=C1C32. The summed E-state index contributed by atoms with van der Waals surface area (Å²) in [5.74, 6) is 0.659. The Morgan fingerprint density at radius 3 is 2.02 bits per heavy atom. The van der Waals surface area contributed by atoms with E-state index in [4.69, 9.17) is 0 Å². The molecule has 0 radical (unpaired) electrons. The monoisotopic (exact) mass is 530 g/mol. The molecule has 2 unspecified atom stereocenters. The molecule has 2 atom stereocenters. The molecular formula is C40H22N2. The van der Waals surface area contributed by atoms with Gasteiger partial charge in [-0.1, -0.05) is 103 Å². The van der Waals surface area contributed by atoms with Crippen LogP contribution >= 0.6 is 0 Å². The molecule has 0 bridgehead atoms. The average Bonchev–Trinajstić information content (AvgIpc) is 3.76. The number of benzene rings is 5. The third-order valence-corrected chi connectivity index (χ3v) is 10.7. The summed E-state index contributed by atoms with van der Waals surface area (Å²) < 4.78 is 5.05. The summed E-state index contributed by atoms with van der Waals surface area (Å²) in [6, 6.07) is 34.0. The van der Waals surface area contributed by atoms with Gasteiger partial charge in [-0.3, -0.25) is 0 Å². The second-order valence-electron chi connectivity index (χ2n) is 12.4. The van der Waals surface area contributed by atoms with E-state index in [0.29, 0.717) is 11.8 Å². The Kier molecular flexibility index (Phi) is 3.22. The largest absolute Gasteiger partial charge is 0.308 e. The van der Waals surface area contributed by atoms with E-state index in [9.17, 15) is 0 Å². The van der Waals surface area contributed by atoms with Crippen molar-refractivity contribution in [3.63, 3.8) is 0 Å². The molecule has 0 fully saturated rings. The van der Waals surface area contributed by atoms with Gasteiger partial charge in [-0.05, 0) is 40.5 Å². The molecule has 9 aromatic rings. The van der Waals surface area contributed by atoms with Crippen LogP contribution in [0.4, 0.5) is 0 Å². The average molecular weight is 531 g/mol. The Labute approximate surface area is 239 Å². The molecule has 3 aliphatic rings. The molecule has 0 amide bonds. The predicted molar refractivity (Wildman–Crippen MR) is 176 cm³/mol. The van der Waals surface area contributed by atoms with Gasteiger partial charge in [0, 0.05) is 54.8 Å². The number of hydrogen-bond acceptors (Lipinski definition) is 0. The van der Waals surface area contributed by atoms with Gasteiger partial charge in [0.1, 0.15) is 0 Å². The van der Waals surface area contributed by atoms with Crippen molar-refractivity contribution in [1.29, 1.82) is 0 Å². The topological polar surface area (TPSA) is 8.82 Å². The summed E-state index contributed by atoms with van der Waals surface area (Å²) in [6.45, 7) is 0. The van der Waals surface area contributed by atoms with Gasteiger partial charge < -0.3 is 8.80 Å². The number of nitrogens with zero attached hydrogens (tertiary/aromatic N) is 2. The lowest BCUT2D eigenvalue weighted by molar-refractivity contribution is 0.732. The Hall–Kier alpha value is -5.34. The Morgan fingerprint density at radius 2 is 1.21 bits per heavy atom. The Morgan fingerprint density at radius 1 is 0.548 bits per heavy atom. The van der Waals surface area contributed by atoms with E-state index in [2.05, 4.69) is 130 Å². The third kappa shape index (κ3) is 2.04. The lowest BCUT2D eigenvalue weighted by Crippen LogP contribution is -2.37. The Balaban J connectivity index is 1.27. The molecule has 4 aromatic heterocycles. The van der Waals surface area contributed by atoms with E-state index >= 15 is 0 Å². The number of aromatic nitrogens is 2. The zero-order valence-corrected chi connectivity index (χ0v) is 22.6. The predicted octanol–water partition coefficient (Wildman–Crippen LogP) is 8.23. The summed E-state index contributed by atoms with van der Waals surface area (Å²) in [5, 5.41) is 12.3. The van der Waals surface area contributed by atoms with Crippen molar-refractivity contribution >= 4 is 89.1 Å². The molecule has 192 valence electrons. The zero-order valence-electron chi connectivity index (χ0n) is 22.6. The molecule has 0 aliphatic heterocycles. The molecular weight excluding hydrogens is 508 g/mol. The van der Waals surface area contributed by atoms with Crippen LogP contribution in [0.3, 0.4) is 0 Å². The van der Waals surface area contributed by atoms with Crippen LogP contribution in [0.1, 0.15) is 22.6 Å². The zero-order chi connectivity index (χ0) is 26.8. The van der Waals surface area contributed by atoms with Crippen molar-refractivity contribution in [2.24, 2.45) is 5.92 Å². The molecule has 0 spiro atoms. The summed E-state index contributed by atoms with van der Waals surface area (Å²) in [5.41, 5.74) is 12.4. The molecule has 4 heterocycles. The number of rotatable bonds is 0. The first-order valence-electron chi connectivity index (χ1n) is 15.0. The highest BCUT2D eigenvalue weighted by Gasteiger charge is 2.37. The lowest BCUT2D eigenvalue weighted by Gasteiger charge is -2.35. The fraction of sp³-hybridized carbons (Fsp3) is 0.0500. The second kappa shape index (κ2) is 6.58. The second-order valence-corrected chi connectivity index (χ2v) is 12.4. The van der Waals surface area contributed by atoms with Crippen molar-refractivity contribution in [3.8, 4) is 0 Å². The molecule has 0 saturated heterocycles. The van der Waals surface area contributed by atoms with Crippen LogP contribution < -0.4 is 10.6 Å². The minimum atomic E-state index is 0.329. The maximum absolute atomic E-state index is 2.56. The van der Waals surface area contributed by atoms with Crippen LogP contribution in [0.15, 0.2) is 103 Å². The van der Waals surface area contributed by atoms with Gasteiger partial charge in [0.05, 0.1) is 32.9 Å². The molecule has 3 aliphatic carbocycles. The van der Waals surface area contributed by atoms with Crippen LogP contribution in [-0.4, -0.2) is 8.80 Å². The van der Waals surface area contributed by atoms with Gasteiger partial charge >= 0.3 is 0 Å². The maximum atomic E-state index is 2.56. The maximum Gasteiger partial charge on any atom is 0.0620 e. The van der Waals surface area contributed by atoms with Crippen molar-refractivity contribution in [3.05, 3.63) is 130 Å². The first kappa shape index (κ1) is 20.5. The van der Waals surface area contributed by atoms with Gasteiger partial charge in [-0.2, -0.15) is 0 Å². The number of fused-ring (bicyclic) bond motifs is 13. The third-order valence-electron chi connectivity index (χ3n) is 10.7. The van der Waals surface area contributed by atoms with Gasteiger partial charge in [0.25, 0.3) is 0 Å². The molecule has 0 N–H and O–H groups in total. The Bertz CT molecular complexity index is 2910. The van der Waals surface area contributed by atoms with Crippen molar-refractivity contribution in [1.82, 2.24) is 8.80 Å². The van der Waals surface area contributed by atoms with Gasteiger partial charge in [0.15, 0.2) is 0 Å². The van der Waals surface area contributed by atoms with Gasteiger partial charge in [-0.15, -0.1) is 0 Å². The van der Waals surface area contributed by atoms with Crippen molar-refractivity contribution in [2.75, 3.05) is 0 Å². The smallest absolute Gasteiger partial charge is 0.0620 e. The van der Waals surface area contributed by atoms with Crippen LogP contribution in [0, 0.1) is 5.92 Å². The molecule has 0 saturated carbocycles. The summed E-state index contributed by atoms with van der Waals surface area (Å²) in [7, 11) is 0. The first-order chi connectivity index (χ1) is 20.9. The quantitative estimate of drug-likeness (QED) is 0.187. The minimum Gasteiger partial charge on any atom is -0.308 e. The summed E-state index contributed by atoms with van der Waals surface area (Å²) in [4.78, 5) is 0. The standard InChI is InChI=1S/C40H22N2/c1-3-13-31-23(7-1)25-9-5-11-29-37-27-17-18-28-36-22(16-15-21(35(27)36)19-33(37)41(31)39(25)29)20-34-38(28)30-12-6-10-26-24-8-2-4-14-32(24)42(34)40(26)30/h1-21,35H. The summed E-state index contributed by atoms with van der Waals surface area (Å²) in [6.07, 6.45) is 12.3. The fourth-order valence-electron chi connectivity index (χ4n) is 9.23. The number of hydrogen-bond donors (Lipinski definition) is 0. The minimum absolute atomic E-state index is 0.329. The molecule has 5 aromatic carbocycles. The number of para-hydroxylation sites is 4. The highest BCUT2D eigenvalue weighted by molar-refractivity contribution is 6.25. The number of allylic oxidation sites excluding steroid dienone is 2. The molecule has 2 nitrogen and oxygen atoms in total. The lowest BCUT2D eigenvalue weighted by atomic mass is 9.68. The highest BCUT2D eigenvalue weighted by Crippen LogP contribution is 2.51. The highest BCUT2D eigenvalue weighted by atomic mass is 14.9. The van der Waals surface area contributed by atoms with Crippen LogP contribution in [0.2, 0.25) is 0 Å². The van der Waals surface area contributed by atoms with Crippen LogP contribution in [0.25, 0.3) is 89.1 Å². The van der Waals surface area contributed by atoms with Crippen molar-refractivity contribution < 1.29 is 0 Å². The molecule has 12 rings (SSSR count). The van der Waals surface area contributed by atoms with Crippen molar-refractivity contribution in [2.45, 2.75) is 5.92 Å². The van der Waals surface area contributed by atoms with E-state index in [1.807, 2.05) is 0 Å². The first-order valence-corrected chi connectivity index (χ1v) is 15.0.